The number of nitrogens with one attached hydrogen (secondary N) is 1. The number of carbonyl (C=O) groups is 2. The number of nitrogen functional groups attached to an aromatic ring is 1. The van der Waals surface area contributed by atoms with Gasteiger partial charge in [-0.2, -0.15) is 0 Å². The highest BCUT2D eigenvalue weighted by Gasteiger charge is 2.37. The number of benzene rings is 2. The van der Waals surface area contributed by atoms with Crippen molar-refractivity contribution in [1.29, 1.82) is 0 Å². The number of rotatable bonds is 5. The Bertz CT molecular complexity index is 1060. The second kappa shape index (κ2) is 11.9. The van der Waals surface area contributed by atoms with Gasteiger partial charge in [-0.1, -0.05) is 49.2 Å². The first-order valence-electron chi connectivity index (χ1n) is 12.5. The van der Waals surface area contributed by atoms with Gasteiger partial charge in [0, 0.05) is 46.0 Å². The quantitative estimate of drug-likeness (QED) is 0.418. The van der Waals surface area contributed by atoms with Crippen LogP contribution in [-0.2, 0) is 11.3 Å². The van der Waals surface area contributed by atoms with Crippen LogP contribution in [-0.4, -0.2) is 29.9 Å². The fourth-order valence-corrected chi connectivity index (χ4v) is 5.10. The summed E-state index contributed by atoms with van der Waals surface area (Å²) >= 11 is 3.53. The molecule has 6 nitrogen and oxygen atoms in total. The molecule has 2 aromatic rings. The predicted octanol–water partition coefficient (Wildman–Crippen LogP) is 6.55. The molecule has 1 aliphatic carbocycles. The van der Waals surface area contributed by atoms with Crippen molar-refractivity contribution in [3.05, 3.63) is 51.5 Å². The van der Waals surface area contributed by atoms with Crippen LogP contribution in [0.4, 0.5) is 11.4 Å². The lowest BCUT2D eigenvalue weighted by Crippen LogP contribution is -2.40. The Labute approximate surface area is 217 Å². The zero-order valence-corrected chi connectivity index (χ0v) is 23.1. The van der Waals surface area contributed by atoms with Crippen molar-refractivity contribution in [2.75, 3.05) is 18.2 Å². The van der Waals surface area contributed by atoms with Gasteiger partial charge in [0.25, 0.3) is 5.91 Å². The average Bonchev–Trinajstić information content (AvgIpc) is 3.17. The smallest absolute Gasteiger partial charge is 0.254 e. The van der Waals surface area contributed by atoms with Crippen LogP contribution in [0.3, 0.4) is 0 Å². The van der Waals surface area contributed by atoms with E-state index in [1.54, 1.807) is 13.2 Å². The highest BCUT2D eigenvalue weighted by Crippen LogP contribution is 2.37. The second-order valence-electron chi connectivity index (χ2n) is 9.94. The Kier molecular flexibility index (Phi) is 9.22. The van der Waals surface area contributed by atoms with E-state index in [0.717, 1.165) is 58.6 Å². The van der Waals surface area contributed by atoms with Crippen LogP contribution in [0, 0.1) is 18.8 Å². The summed E-state index contributed by atoms with van der Waals surface area (Å²) in [6.07, 6.45) is 4.48. The molecule has 2 aromatic carbocycles. The van der Waals surface area contributed by atoms with Crippen molar-refractivity contribution < 1.29 is 14.3 Å². The number of hydrogen-bond donors (Lipinski definition) is 2. The topological polar surface area (TPSA) is 84.7 Å². The fourth-order valence-electron chi connectivity index (χ4n) is 4.49. The third-order valence-electron chi connectivity index (χ3n) is 7.04. The van der Waals surface area contributed by atoms with Crippen LogP contribution in [0.2, 0.25) is 0 Å². The summed E-state index contributed by atoms with van der Waals surface area (Å²) in [5.41, 5.74) is 9.96. The Hall–Kier alpha value is -2.54. The second-order valence-corrected chi connectivity index (χ2v) is 10.8. The van der Waals surface area contributed by atoms with Gasteiger partial charge in [0.2, 0.25) is 5.91 Å². The highest BCUT2D eigenvalue weighted by molar-refractivity contribution is 9.10. The molecule has 2 amide bonds. The number of ether oxygens (including phenoxy) is 1. The van der Waals surface area contributed by atoms with Crippen LogP contribution >= 0.6 is 15.9 Å². The Balaban J connectivity index is 0.000000623. The summed E-state index contributed by atoms with van der Waals surface area (Å²) in [4.78, 5) is 27.6. The number of methoxy groups -OCH3 is 1. The molecule has 0 spiro atoms. The summed E-state index contributed by atoms with van der Waals surface area (Å²) in [5, 5.41) is 3.01. The van der Waals surface area contributed by atoms with Crippen molar-refractivity contribution in [3.63, 3.8) is 0 Å². The average molecular weight is 545 g/mol. The minimum Gasteiger partial charge on any atom is -0.496 e. The van der Waals surface area contributed by atoms with Crippen LogP contribution in [0.1, 0.15) is 74.4 Å². The Morgan fingerprint density at radius 2 is 1.86 bits per heavy atom. The monoisotopic (exact) mass is 543 g/mol. The van der Waals surface area contributed by atoms with E-state index < -0.39 is 0 Å². The lowest BCUT2D eigenvalue weighted by Gasteiger charge is -2.34. The molecule has 7 heteroatoms. The van der Waals surface area contributed by atoms with E-state index in [1.165, 1.54) is 6.42 Å². The molecule has 1 fully saturated rings. The number of nitrogens with zero attached hydrogens (tertiary/aromatic N) is 1. The summed E-state index contributed by atoms with van der Waals surface area (Å²) in [6, 6.07) is 9.44. The van der Waals surface area contributed by atoms with E-state index in [9.17, 15) is 9.59 Å². The van der Waals surface area contributed by atoms with Gasteiger partial charge in [0.15, 0.2) is 0 Å². The number of carbonyl (C=O) groups excluding carboxylic acids is 2. The first kappa shape index (κ1) is 27.1. The maximum absolute atomic E-state index is 12.9. The number of anilines is 2. The van der Waals surface area contributed by atoms with Crippen LogP contribution in [0.15, 0.2) is 34.8 Å². The number of hydrogen-bond acceptors (Lipinski definition) is 4. The number of amides is 2. The number of halogens is 1. The van der Waals surface area contributed by atoms with E-state index in [0.29, 0.717) is 17.8 Å². The number of aryl methyl sites for hydroxylation is 1. The van der Waals surface area contributed by atoms with Gasteiger partial charge >= 0.3 is 0 Å². The van der Waals surface area contributed by atoms with Gasteiger partial charge in [-0.3, -0.25) is 9.59 Å². The predicted molar refractivity (Wildman–Crippen MR) is 146 cm³/mol. The Morgan fingerprint density at radius 3 is 2.46 bits per heavy atom. The summed E-state index contributed by atoms with van der Waals surface area (Å²) in [6.45, 7) is 9.21. The van der Waals surface area contributed by atoms with Crippen molar-refractivity contribution in [2.24, 2.45) is 11.8 Å². The lowest BCUT2D eigenvalue weighted by molar-refractivity contribution is -0.121. The largest absolute Gasteiger partial charge is 0.496 e. The van der Waals surface area contributed by atoms with Crippen molar-refractivity contribution in [3.8, 4) is 5.75 Å². The molecule has 0 radical (unpaired) electrons. The molecular formula is C28H38BrN3O3. The SMILES string of the molecule is CCC(C)C.COc1cc(NC(=O)C2CCC(N3Cc4c(Br)cc(N)cc4C3=O)CC2)ccc1C. The molecule has 1 saturated carbocycles. The van der Waals surface area contributed by atoms with Crippen molar-refractivity contribution in [2.45, 2.75) is 72.4 Å². The summed E-state index contributed by atoms with van der Waals surface area (Å²) in [7, 11) is 1.63. The van der Waals surface area contributed by atoms with Gasteiger partial charge in [-0.25, -0.2) is 0 Å². The molecule has 2 aliphatic rings. The lowest BCUT2D eigenvalue weighted by atomic mass is 9.84. The molecule has 0 unspecified atom stereocenters. The van der Waals surface area contributed by atoms with Crippen LogP contribution in [0.5, 0.6) is 5.75 Å². The van der Waals surface area contributed by atoms with Gasteiger partial charge < -0.3 is 20.7 Å². The van der Waals surface area contributed by atoms with Gasteiger partial charge in [-0.05, 0) is 67.9 Å². The third-order valence-corrected chi connectivity index (χ3v) is 7.75. The van der Waals surface area contributed by atoms with E-state index in [4.69, 9.17) is 10.5 Å². The molecule has 190 valence electrons. The zero-order chi connectivity index (χ0) is 25.7. The van der Waals surface area contributed by atoms with Crippen molar-refractivity contribution >= 4 is 39.1 Å². The minimum absolute atomic E-state index is 0.0332. The fraction of sp³-hybridized carbons (Fsp3) is 0.500. The molecule has 35 heavy (non-hydrogen) atoms. The zero-order valence-electron chi connectivity index (χ0n) is 21.5. The summed E-state index contributed by atoms with van der Waals surface area (Å²) < 4.78 is 6.22. The first-order valence-corrected chi connectivity index (χ1v) is 13.3. The Morgan fingerprint density at radius 1 is 1.20 bits per heavy atom. The number of fused-ring (bicyclic) bond motifs is 1. The molecule has 1 aliphatic heterocycles. The van der Waals surface area contributed by atoms with Crippen LogP contribution in [0.25, 0.3) is 0 Å². The molecule has 0 aromatic heterocycles. The minimum atomic E-state index is -0.0454. The van der Waals surface area contributed by atoms with Gasteiger partial charge in [0.05, 0.1) is 7.11 Å². The van der Waals surface area contributed by atoms with Gasteiger partial charge in [-0.15, -0.1) is 0 Å². The molecule has 0 saturated heterocycles. The molecule has 1 heterocycles. The normalized spacial score (nSPS) is 19.2. The van der Waals surface area contributed by atoms with Crippen LogP contribution < -0.4 is 15.8 Å². The standard InChI is InChI=1S/C23H26BrN3O3.C5H12/c1-13-3-6-16(11-21(13)30-2)26-22(28)14-4-7-17(8-5-14)27-12-19-18(23(27)29)9-15(25)10-20(19)24;1-4-5(2)3/h3,6,9-11,14,17H,4-5,7-8,12,25H2,1-2H3,(H,26,28);5H,4H2,1-3H3. The number of nitrogens with two attached hydrogens (primary N) is 1. The summed E-state index contributed by atoms with van der Waals surface area (Å²) in [5.74, 6) is 1.67. The highest BCUT2D eigenvalue weighted by atomic mass is 79.9. The molecule has 4 rings (SSSR count). The third kappa shape index (κ3) is 6.57. The molecule has 0 atom stereocenters. The molecule has 3 N–H and O–H groups in total. The van der Waals surface area contributed by atoms with Gasteiger partial charge in [0.1, 0.15) is 5.75 Å². The van der Waals surface area contributed by atoms with E-state index in [1.807, 2.05) is 36.1 Å². The maximum atomic E-state index is 12.9. The maximum Gasteiger partial charge on any atom is 0.254 e. The first-order chi connectivity index (χ1) is 16.6. The van der Waals surface area contributed by atoms with E-state index >= 15 is 0 Å². The molecule has 0 bridgehead atoms. The van der Waals surface area contributed by atoms with Crippen molar-refractivity contribution in [1.82, 2.24) is 4.90 Å². The van der Waals surface area contributed by atoms with E-state index in [2.05, 4.69) is 42.0 Å². The molecular weight excluding hydrogens is 506 g/mol. The van der Waals surface area contributed by atoms with E-state index in [-0.39, 0.29) is 23.8 Å².